The molecule has 33 heavy (non-hydrogen) atoms. The number of hydrogen-bond acceptors (Lipinski definition) is 5. The zero-order valence-electron chi connectivity index (χ0n) is 18.6. The SMILES string of the molecule is CCc1ccc(CN(Cc2cccnc2)C(=O)c2sc(NC(=O)c3ccco3)cc2C)cc1. The van der Waals surface area contributed by atoms with Crippen LogP contribution in [0.5, 0.6) is 0 Å². The van der Waals surface area contributed by atoms with Crippen LogP contribution in [0.25, 0.3) is 0 Å². The molecule has 0 atom stereocenters. The van der Waals surface area contributed by atoms with E-state index in [0.29, 0.717) is 23.0 Å². The average Bonchev–Trinajstić information content (AvgIpc) is 3.49. The molecule has 0 aliphatic rings. The van der Waals surface area contributed by atoms with E-state index in [1.807, 2.05) is 30.0 Å². The fourth-order valence-electron chi connectivity index (χ4n) is 3.49. The molecule has 0 bridgehead atoms. The molecule has 0 unspecified atom stereocenters. The van der Waals surface area contributed by atoms with Crippen LogP contribution in [0.3, 0.4) is 0 Å². The van der Waals surface area contributed by atoms with Crippen molar-refractivity contribution >= 4 is 28.2 Å². The first kappa shape index (κ1) is 22.5. The summed E-state index contributed by atoms with van der Waals surface area (Å²) in [7, 11) is 0. The Balaban J connectivity index is 1.57. The van der Waals surface area contributed by atoms with Gasteiger partial charge in [-0.15, -0.1) is 11.3 Å². The van der Waals surface area contributed by atoms with E-state index in [4.69, 9.17) is 4.42 Å². The molecule has 3 heterocycles. The summed E-state index contributed by atoms with van der Waals surface area (Å²) in [5.41, 5.74) is 4.09. The van der Waals surface area contributed by atoms with Gasteiger partial charge in [-0.3, -0.25) is 14.6 Å². The van der Waals surface area contributed by atoms with Crippen molar-refractivity contribution in [3.63, 3.8) is 0 Å². The monoisotopic (exact) mass is 459 g/mol. The number of rotatable bonds is 8. The summed E-state index contributed by atoms with van der Waals surface area (Å²) in [6, 6.07) is 17.2. The molecule has 0 spiro atoms. The van der Waals surface area contributed by atoms with Gasteiger partial charge in [0.05, 0.1) is 16.1 Å². The number of anilines is 1. The standard InChI is InChI=1S/C26H25N3O3S/c1-3-19-8-10-20(11-9-19)16-29(17-21-6-4-12-27-15-21)26(31)24-18(2)14-23(33-24)28-25(30)22-7-5-13-32-22/h4-15H,3,16-17H2,1-2H3,(H,28,30). The lowest BCUT2D eigenvalue weighted by atomic mass is 10.1. The topological polar surface area (TPSA) is 75.4 Å². The van der Waals surface area contributed by atoms with Crippen LogP contribution in [0, 0.1) is 6.92 Å². The van der Waals surface area contributed by atoms with Gasteiger partial charge >= 0.3 is 0 Å². The molecular weight excluding hydrogens is 434 g/mol. The van der Waals surface area contributed by atoms with Crippen molar-refractivity contribution in [1.29, 1.82) is 0 Å². The molecule has 0 aliphatic heterocycles. The van der Waals surface area contributed by atoms with Crippen molar-refractivity contribution in [2.24, 2.45) is 0 Å². The second kappa shape index (κ2) is 10.3. The third kappa shape index (κ3) is 5.56. The van der Waals surface area contributed by atoms with Gasteiger partial charge in [0.15, 0.2) is 5.76 Å². The van der Waals surface area contributed by atoms with Gasteiger partial charge in [0.2, 0.25) is 0 Å². The molecule has 4 rings (SSSR count). The molecule has 1 aromatic carbocycles. The summed E-state index contributed by atoms with van der Waals surface area (Å²) in [5.74, 6) is -0.203. The Kier molecular flexibility index (Phi) is 7.00. The number of pyridine rings is 1. The van der Waals surface area contributed by atoms with Gasteiger partial charge < -0.3 is 14.6 Å². The smallest absolute Gasteiger partial charge is 0.291 e. The third-order valence-electron chi connectivity index (χ3n) is 5.28. The molecule has 0 radical (unpaired) electrons. The zero-order valence-corrected chi connectivity index (χ0v) is 19.4. The fourth-order valence-corrected chi connectivity index (χ4v) is 4.53. The van der Waals surface area contributed by atoms with Gasteiger partial charge in [-0.1, -0.05) is 37.3 Å². The lowest BCUT2D eigenvalue weighted by molar-refractivity contribution is 0.0734. The Bertz CT molecular complexity index is 1220. The first-order valence-electron chi connectivity index (χ1n) is 10.7. The van der Waals surface area contributed by atoms with Crippen molar-refractivity contribution in [3.8, 4) is 0 Å². The van der Waals surface area contributed by atoms with E-state index in [9.17, 15) is 9.59 Å². The number of hydrogen-bond donors (Lipinski definition) is 1. The Hall–Kier alpha value is -3.71. The minimum atomic E-state index is -0.344. The second-order valence-electron chi connectivity index (χ2n) is 7.75. The Morgan fingerprint density at radius 1 is 1.03 bits per heavy atom. The molecule has 0 saturated heterocycles. The van der Waals surface area contributed by atoms with Crippen molar-refractivity contribution in [3.05, 3.63) is 106 Å². The van der Waals surface area contributed by atoms with E-state index >= 15 is 0 Å². The summed E-state index contributed by atoms with van der Waals surface area (Å²) in [4.78, 5) is 32.5. The Morgan fingerprint density at radius 2 is 1.79 bits per heavy atom. The maximum atomic E-state index is 13.6. The summed E-state index contributed by atoms with van der Waals surface area (Å²) >= 11 is 1.27. The number of thiophene rings is 1. The highest BCUT2D eigenvalue weighted by Gasteiger charge is 2.22. The normalized spacial score (nSPS) is 10.7. The van der Waals surface area contributed by atoms with Crippen LogP contribution in [0.2, 0.25) is 0 Å². The van der Waals surface area contributed by atoms with Gasteiger partial charge in [-0.25, -0.2) is 0 Å². The molecule has 7 heteroatoms. The second-order valence-corrected chi connectivity index (χ2v) is 8.80. The maximum absolute atomic E-state index is 13.6. The zero-order chi connectivity index (χ0) is 23.2. The van der Waals surface area contributed by atoms with Crippen molar-refractivity contribution in [2.75, 3.05) is 5.32 Å². The van der Waals surface area contributed by atoms with Crippen LogP contribution in [0.1, 0.15) is 49.4 Å². The lowest BCUT2D eigenvalue weighted by Crippen LogP contribution is -2.30. The summed E-state index contributed by atoms with van der Waals surface area (Å²) in [5, 5.41) is 3.42. The minimum absolute atomic E-state index is 0.0839. The number of furan rings is 1. The van der Waals surface area contributed by atoms with E-state index in [2.05, 4.69) is 41.5 Å². The van der Waals surface area contributed by atoms with Crippen LogP contribution in [0.4, 0.5) is 5.00 Å². The number of nitrogens with one attached hydrogen (secondary N) is 1. The van der Waals surface area contributed by atoms with E-state index in [-0.39, 0.29) is 17.6 Å². The molecule has 0 fully saturated rings. The van der Waals surface area contributed by atoms with E-state index < -0.39 is 0 Å². The van der Waals surface area contributed by atoms with Crippen LogP contribution in [-0.4, -0.2) is 21.7 Å². The predicted octanol–water partition coefficient (Wildman–Crippen LogP) is 5.70. The molecular formula is C26H25N3O3S. The predicted molar refractivity (Wildman–Crippen MR) is 129 cm³/mol. The molecule has 2 amide bonds. The minimum Gasteiger partial charge on any atom is -0.459 e. The van der Waals surface area contributed by atoms with Gasteiger partial charge in [0.1, 0.15) is 0 Å². The molecule has 3 aromatic heterocycles. The van der Waals surface area contributed by atoms with Gasteiger partial charge in [-0.2, -0.15) is 0 Å². The maximum Gasteiger partial charge on any atom is 0.291 e. The van der Waals surface area contributed by atoms with Gasteiger partial charge in [0, 0.05) is 25.5 Å². The molecule has 1 N–H and O–H groups in total. The Morgan fingerprint density at radius 3 is 2.45 bits per heavy atom. The van der Waals surface area contributed by atoms with E-state index in [1.54, 1.807) is 24.5 Å². The lowest BCUT2D eigenvalue weighted by Gasteiger charge is -2.23. The fraction of sp³-hybridized carbons (Fsp3) is 0.192. The van der Waals surface area contributed by atoms with Crippen molar-refractivity contribution in [1.82, 2.24) is 9.88 Å². The van der Waals surface area contributed by atoms with E-state index in [1.165, 1.54) is 23.2 Å². The number of carbonyl (C=O) groups excluding carboxylic acids is 2. The summed E-state index contributed by atoms with van der Waals surface area (Å²) in [6.07, 6.45) is 5.92. The highest BCUT2D eigenvalue weighted by Crippen LogP contribution is 2.29. The number of aryl methyl sites for hydroxylation is 2. The quantitative estimate of drug-likeness (QED) is 0.367. The Labute approximate surface area is 196 Å². The number of aromatic nitrogens is 1. The summed E-state index contributed by atoms with van der Waals surface area (Å²) < 4.78 is 5.15. The number of carbonyl (C=O) groups is 2. The molecule has 0 saturated carbocycles. The van der Waals surface area contributed by atoms with Crippen LogP contribution >= 0.6 is 11.3 Å². The van der Waals surface area contributed by atoms with E-state index in [0.717, 1.165) is 23.1 Å². The highest BCUT2D eigenvalue weighted by molar-refractivity contribution is 7.18. The number of nitrogens with zero attached hydrogens (tertiary/aromatic N) is 2. The van der Waals surface area contributed by atoms with Crippen molar-refractivity contribution < 1.29 is 14.0 Å². The van der Waals surface area contributed by atoms with Crippen LogP contribution in [0.15, 0.2) is 77.7 Å². The first-order valence-corrected chi connectivity index (χ1v) is 11.6. The molecule has 4 aromatic rings. The average molecular weight is 460 g/mol. The van der Waals surface area contributed by atoms with Crippen LogP contribution in [-0.2, 0) is 19.5 Å². The van der Waals surface area contributed by atoms with Gasteiger partial charge in [0.25, 0.3) is 11.8 Å². The number of amides is 2. The first-order chi connectivity index (χ1) is 16.0. The highest BCUT2D eigenvalue weighted by atomic mass is 32.1. The largest absolute Gasteiger partial charge is 0.459 e. The van der Waals surface area contributed by atoms with Crippen LogP contribution < -0.4 is 5.32 Å². The van der Waals surface area contributed by atoms with Gasteiger partial charge in [-0.05, 0) is 59.9 Å². The van der Waals surface area contributed by atoms with Crippen molar-refractivity contribution in [2.45, 2.75) is 33.4 Å². The molecule has 0 aliphatic carbocycles. The molecule has 168 valence electrons. The number of benzene rings is 1. The summed E-state index contributed by atoms with van der Waals surface area (Å²) in [6.45, 7) is 4.91. The molecule has 6 nitrogen and oxygen atoms in total. The third-order valence-corrected chi connectivity index (χ3v) is 6.42.